The Labute approximate surface area is 144 Å². The third-order valence-electron chi connectivity index (χ3n) is 4.28. The molecule has 1 fully saturated rings. The van der Waals surface area contributed by atoms with Gasteiger partial charge in [-0.1, -0.05) is 0 Å². The highest BCUT2D eigenvalue weighted by Gasteiger charge is 2.57. The first kappa shape index (κ1) is 18.6. The fraction of sp³-hybridized carbons (Fsp3) is 0.588. The van der Waals surface area contributed by atoms with Crippen molar-refractivity contribution in [2.24, 2.45) is 11.8 Å². The predicted octanol–water partition coefficient (Wildman–Crippen LogP) is 1.91. The van der Waals surface area contributed by atoms with E-state index in [2.05, 4.69) is 0 Å². The molecule has 1 aromatic heterocycles. The van der Waals surface area contributed by atoms with E-state index in [1.165, 1.54) is 18.3 Å². The number of carbonyl (C=O) groups excluding carboxylic acids is 3. The molecule has 1 N–H and O–H groups in total. The molecule has 0 amide bonds. The normalized spacial score (nSPS) is 30.0. The second kappa shape index (κ2) is 7.44. The molecular weight excluding hydrogens is 332 g/mol. The Morgan fingerprint density at radius 2 is 1.92 bits per heavy atom. The Hall–Kier alpha value is -1.73. The van der Waals surface area contributed by atoms with Gasteiger partial charge in [0.2, 0.25) is 0 Å². The van der Waals surface area contributed by atoms with Crippen molar-refractivity contribution in [2.45, 2.75) is 38.7 Å². The van der Waals surface area contributed by atoms with Gasteiger partial charge in [0.25, 0.3) is 0 Å². The van der Waals surface area contributed by atoms with E-state index >= 15 is 0 Å². The average Bonchev–Trinajstić information content (AvgIpc) is 2.99. The van der Waals surface area contributed by atoms with E-state index in [1.54, 1.807) is 30.7 Å². The van der Waals surface area contributed by atoms with Crippen LogP contribution in [0.2, 0.25) is 0 Å². The molecule has 132 valence electrons. The van der Waals surface area contributed by atoms with Gasteiger partial charge in [-0.2, -0.15) is 11.3 Å². The molecule has 1 saturated carbocycles. The maximum Gasteiger partial charge on any atom is 0.317 e. The maximum atomic E-state index is 12.5. The van der Waals surface area contributed by atoms with Crippen molar-refractivity contribution in [3.63, 3.8) is 0 Å². The Morgan fingerprint density at radius 3 is 2.46 bits per heavy atom. The van der Waals surface area contributed by atoms with Crippen molar-refractivity contribution < 1.29 is 29.0 Å². The maximum absolute atomic E-state index is 12.5. The lowest BCUT2D eigenvalue weighted by Crippen LogP contribution is -2.55. The molecule has 24 heavy (non-hydrogen) atoms. The number of hydrogen-bond donors (Lipinski definition) is 1. The highest BCUT2D eigenvalue weighted by Crippen LogP contribution is 2.47. The molecule has 1 aliphatic carbocycles. The molecule has 0 radical (unpaired) electrons. The van der Waals surface area contributed by atoms with Crippen LogP contribution in [-0.4, -0.2) is 41.6 Å². The Kier molecular flexibility index (Phi) is 5.77. The van der Waals surface area contributed by atoms with Crippen LogP contribution in [0.25, 0.3) is 0 Å². The molecule has 7 heteroatoms. The van der Waals surface area contributed by atoms with Crippen LogP contribution >= 0.6 is 11.3 Å². The van der Waals surface area contributed by atoms with E-state index in [0.29, 0.717) is 5.56 Å². The summed E-state index contributed by atoms with van der Waals surface area (Å²) in [4.78, 5) is 37.4. The standard InChI is InChI=1S/C17H22O6S/c1-4-22-15(19)13-11(18)8-17(3,21)14(16(20)23-5-2)12(13)10-6-7-24-9-10/h6-7,9,12-14,21H,4-5,8H2,1-3H3/t12-,13+,14-,17-/m0/s1. The highest BCUT2D eigenvalue weighted by molar-refractivity contribution is 7.08. The van der Waals surface area contributed by atoms with Gasteiger partial charge in [0.05, 0.1) is 24.7 Å². The lowest BCUT2D eigenvalue weighted by molar-refractivity contribution is -0.172. The van der Waals surface area contributed by atoms with Crippen molar-refractivity contribution >= 4 is 29.1 Å². The summed E-state index contributed by atoms with van der Waals surface area (Å²) in [6.07, 6.45) is -0.291. The van der Waals surface area contributed by atoms with Gasteiger partial charge in [-0.05, 0) is 43.2 Å². The van der Waals surface area contributed by atoms with Crippen LogP contribution in [-0.2, 0) is 23.9 Å². The lowest BCUT2D eigenvalue weighted by Gasteiger charge is -2.43. The van der Waals surface area contributed by atoms with E-state index in [0.717, 1.165) is 0 Å². The molecule has 2 rings (SSSR count). The number of aliphatic hydroxyl groups is 1. The number of Topliss-reactive ketones (excluding diaryl/α,β-unsaturated/α-hetero) is 1. The minimum absolute atomic E-state index is 0.138. The zero-order valence-corrected chi connectivity index (χ0v) is 14.8. The van der Waals surface area contributed by atoms with Gasteiger partial charge in [-0.25, -0.2) is 0 Å². The number of ketones is 1. The van der Waals surface area contributed by atoms with Crippen LogP contribution in [0.3, 0.4) is 0 Å². The molecule has 1 aromatic rings. The number of rotatable bonds is 5. The van der Waals surface area contributed by atoms with Crippen molar-refractivity contribution in [3.05, 3.63) is 22.4 Å². The summed E-state index contributed by atoms with van der Waals surface area (Å²) in [6.45, 7) is 5.05. The first-order chi connectivity index (χ1) is 11.3. The summed E-state index contributed by atoms with van der Waals surface area (Å²) in [5.74, 6) is -4.63. The fourth-order valence-corrected chi connectivity index (χ4v) is 4.05. The van der Waals surface area contributed by atoms with Crippen LogP contribution in [0.15, 0.2) is 16.8 Å². The molecule has 0 aliphatic heterocycles. The van der Waals surface area contributed by atoms with Crippen molar-refractivity contribution in [1.82, 2.24) is 0 Å². The molecule has 6 nitrogen and oxygen atoms in total. The summed E-state index contributed by atoms with van der Waals surface area (Å²) in [7, 11) is 0. The topological polar surface area (TPSA) is 89.9 Å². The SMILES string of the molecule is CCOC(=O)[C@@H]1C(=O)C[C@](C)(O)[C@H](C(=O)OCC)[C@H]1c1ccsc1. The van der Waals surface area contributed by atoms with Crippen molar-refractivity contribution in [2.75, 3.05) is 13.2 Å². The van der Waals surface area contributed by atoms with Gasteiger partial charge in [0.1, 0.15) is 5.92 Å². The van der Waals surface area contributed by atoms with E-state index < -0.39 is 41.1 Å². The van der Waals surface area contributed by atoms with Crippen LogP contribution in [0, 0.1) is 11.8 Å². The van der Waals surface area contributed by atoms with Crippen LogP contribution in [0.1, 0.15) is 38.7 Å². The van der Waals surface area contributed by atoms with Gasteiger partial charge >= 0.3 is 11.9 Å². The van der Waals surface area contributed by atoms with Gasteiger partial charge in [-0.15, -0.1) is 0 Å². The summed E-state index contributed by atoms with van der Waals surface area (Å²) < 4.78 is 10.2. The molecule has 0 aromatic carbocycles. The van der Waals surface area contributed by atoms with Crippen LogP contribution in [0.5, 0.6) is 0 Å². The minimum atomic E-state index is -1.58. The third-order valence-corrected chi connectivity index (χ3v) is 4.98. The zero-order valence-electron chi connectivity index (χ0n) is 14.0. The predicted molar refractivity (Wildman–Crippen MR) is 87.6 cm³/mol. The average molecular weight is 354 g/mol. The first-order valence-corrected chi connectivity index (χ1v) is 8.88. The molecule has 0 saturated heterocycles. The number of esters is 2. The number of hydrogen-bond acceptors (Lipinski definition) is 7. The van der Waals surface area contributed by atoms with Crippen molar-refractivity contribution in [3.8, 4) is 0 Å². The summed E-state index contributed by atoms with van der Waals surface area (Å²) in [5.41, 5.74) is -0.928. The quantitative estimate of drug-likeness (QED) is 0.642. The highest BCUT2D eigenvalue weighted by atomic mass is 32.1. The van der Waals surface area contributed by atoms with Crippen molar-refractivity contribution in [1.29, 1.82) is 0 Å². The monoisotopic (exact) mass is 354 g/mol. The van der Waals surface area contributed by atoms with Crippen LogP contribution < -0.4 is 0 Å². The third kappa shape index (κ3) is 3.52. The van der Waals surface area contributed by atoms with E-state index in [4.69, 9.17) is 9.47 Å². The number of thiophene rings is 1. The molecule has 0 bridgehead atoms. The smallest absolute Gasteiger partial charge is 0.317 e. The van der Waals surface area contributed by atoms with Gasteiger partial charge in [0.15, 0.2) is 5.78 Å². The molecule has 0 unspecified atom stereocenters. The van der Waals surface area contributed by atoms with E-state index in [1.807, 2.05) is 0 Å². The lowest BCUT2D eigenvalue weighted by atomic mass is 9.62. The van der Waals surface area contributed by atoms with Gasteiger partial charge in [0, 0.05) is 12.3 Å². The van der Waals surface area contributed by atoms with E-state index in [-0.39, 0.29) is 19.6 Å². The number of ether oxygens (including phenoxy) is 2. The zero-order chi connectivity index (χ0) is 17.9. The number of carbonyl (C=O) groups is 3. The Bertz CT molecular complexity index is 607. The molecule has 4 atom stereocenters. The Morgan fingerprint density at radius 1 is 1.29 bits per heavy atom. The largest absolute Gasteiger partial charge is 0.466 e. The second-order valence-corrected chi connectivity index (χ2v) is 6.82. The van der Waals surface area contributed by atoms with Crippen LogP contribution in [0.4, 0.5) is 0 Å². The second-order valence-electron chi connectivity index (χ2n) is 6.04. The molecule has 0 spiro atoms. The fourth-order valence-electron chi connectivity index (χ4n) is 3.34. The summed E-state index contributed by atoms with van der Waals surface area (Å²) in [5, 5.41) is 14.3. The summed E-state index contributed by atoms with van der Waals surface area (Å²) in [6, 6.07) is 1.75. The molecule has 1 aliphatic rings. The van der Waals surface area contributed by atoms with E-state index in [9.17, 15) is 19.5 Å². The van der Waals surface area contributed by atoms with Gasteiger partial charge < -0.3 is 14.6 Å². The summed E-state index contributed by atoms with van der Waals surface area (Å²) >= 11 is 1.39. The Balaban J connectivity index is 2.53. The first-order valence-electron chi connectivity index (χ1n) is 7.94. The molecular formula is C17H22O6S. The molecule has 1 heterocycles. The van der Waals surface area contributed by atoms with Gasteiger partial charge in [-0.3, -0.25) is 14.4 Å². The minimum Gasteiger partial charge on any atom is -0.466 e.